The third-order valence-corrected chi connectivity index (χ3v) is 5.54. The van der Waals surface area contributed by atoms with Gasteiger partial charge in [0.1, 0.15) is 12.2 Å². The Morgan fingerprint density at radius 3 is 2.38 bits per heavy atom. The molecule has 1 atom stereocenters. The summed E-state index contributed by atoms with van der Waals surface area (Å²) in [5.41, 5.74) is 4.13. The van der Waals surface area contributed by atoms with Crippen molar-refractivity contribution in [3.63, 3.8) is 0 Å². The normalized spacial score (nSPS) is 25.5. The van der Waals surface area contributed by atoms with Gasteiger partial charge in [0.2, 0.25) is 0 Å². The molecule has 0 radical (unpaired) electrons. The number of rotatable bonds is 2. The van der Waals surface area contributed by atoms with Crippen molar-refractivity contribution in [1.29, 1.82) is 0 Å². The van der Waals surface area contributed by atoms with Crippen LogP contribution in [0.2, 0.25) is 0 Å². The van der Waals surface area contributed by atoms with Gasteiger partial charge in [0, 0.05) is 5.41 Å². The Bertz CT molecular complexity index is 712. The van der Waals surface area contributed by atoms with Crippen molar-refractivity contribution >= 4 is 5.97 Å². The molecule has 0 spiro atoms. The second-order valence-corrected chi connectivity index (χ2v) is 8.08. The van der Waals surface area contributed by atoms with E-state index in [4.69, 9.17) is 4.74 Å². The Hall–Kier alpha value is -1.87. The summed E-state index contributed by atoms with van der Waals surface area (Å²) in [6.45, 7) is 12.7. The molecular weight excluding hydrogens is 298 g/mol. The molecule has 0 saturated heterocycles. The fourth-order valence-corrected chi connectivity index (χ4v) is 3.02. The molecule has 24 heavy (non-hydrogen) atoms. The second kappa shape index (κ2) is 6.21. The van der Waals surface area contributed by atoms with Crippen molar-refractivity contribution in [2.75, 3.05) is 14.1 Å². The van der Waals surface area contributed by atoms with Gasteiger partial charge < -0.3 is 4.74 Å². The Morgan fingerprint density at radius 1 is 1.17 bits per heavy atom. The highest BCUT2D eigenvalue weighted by molar-refractivity contribution is 5.93. The minimum absolute atomic E-state index is 0.0580. The molecule has 0 aromatic rings. The van der Waals surface area contributed by atoms with Gasteiger partial charge in [-0.2, -0.15) is 0 Å². The molecule has 2 rings (SSSR count). The summed E-state index contributed by atoms with van der Waals surface area (Å²) in [6.07, 6.45) is 9.83. The van der Waals surface area contributed by atoms with Crippen LogP contribution in [0, 0.1) is 5.41 Å². The maximum atomic E-state index is 12.6. The minimum Gasteiger partial charge on any atom is -0.417 e. The predicted molar refractivity (Wildman–Crippen MR) is 98.9 cm³/mol. The van der Waals surface area contributed by atoms with Gasteiger partial charge in [-0.25, -0.2) is 4.79 Å². The van der Waals surface area contributed by atoms with Crippen molar-refractivity contribution in [3.8, 4) is 0 Å². The average molecular weight is 328 g/mol. The van der Waals surface area contributed by atoms with Crippen LogP contribution in [-0.2, 0) is 9.53 Å². The van der Waals surface area contributed by atoms with Crippen molar-refractivity contribution < 1.29 is 14.0 Å². The minimum atomic E-state index is -0.305. The first-order valence-electron chi connectivity index (χ1n) is 8.49. The molecule has 2 aliphatic rings. The summed E-state index contributed by atoms with van der Waals surface area (Å²) < 4.78 is 6.35. The lowest BCUT2D eigenvalue weighted by atomic mass is 9.83. The van der Waals surface area contributed by atoms with E-state index in [9.17, 15) is 4.79 Å². The molecular formula is C21H30NO2+. The Morgan fingerprint density at radius 2 is 1.79 bits per heavy atom. The molecule has 3 heteroatoms. The van der Waals surface area contributed by atoms with E-state index in [-0.39, 0.29) is 11.4 Å². The highest BCUT2D eigenvalue weighted by atomic mass is 16.5. The third-order valence-electron chi connectivity index (χ3n) is 5.54. The zero-order valence-electron chi connectivity index (χ0n) is 16.2. The van der Waals surface area contributed by atoms with E-state index in [1.165, 1.54) is 11.1 Å². The lowest BCUT2D eigenvalue weighted by molar-refractivity contribution is -0.859. The van der Waals surface area contributed by atoms with E-state index in [1.54, 1.807) is 0 Å². The summed E-state index contributed by atoms with van der Waals surface area (Å²) in [6, 6.07) is 0.373. The van der Waals surface area contributed by atoms with Crippen molar-refractivity contribution in [1.82, 2.24) is 0 Å². The zero-order chi connectivity index (χ0) is 18.3. The summed E-state index contributed by atoms with van der Waals surface area (Å²) in [7, 11) is 4.22. The van der Waals surface area contributed by atoms with Crippen LogP contribution in [-0.4, -0.2) is 30.6 Å². The maximum Gasteiger partial charge on any atom is 0.343 e. The van der Waals surface area contributed by atoms with Gasteiger partial charge in [-0.15, -0.1) is 0 Å². The van der Waals surface area contributed by atoms with Crippen LogP contribution in [0.5, 0.6) is 0 Å². The number of hydrogen-bond acceptors (Lipinski definition) is 2. The van der Waals surface area contributed by atoms with Crippen LogP contribution < -0.4 is 0 Å². The summed E-state index contributed by atoms with van der Waals surface area (Å²) in [5.74, 6) is 0.317. The van der Waals surface area contributed by atoms with E-state index >= 15 is 0 Å². The van der Waals surface area contributed by atoms with Gasteiger partial charge in [-0.05, 0) is 45.4 Å². The topological polar surface area (TPSA) is 26.3 Å². The van der Waals surface area contributed by atoms with Crippen LogP contribution in [0.3, 0.4) is 0 Å². The van der Waals surface area contributed by atoms with Crippen molar-refractivity contribution in [2.24, 2.45) is 5.41 Å². The van der Waals surface area contributed by atoms with E-state index in [1.807, 2.05) is 31.4 Å². The fourth-order valence-electron chi connectivity index (χ4n) is 3.02. The zero-order valence-corrected chi connectivity index (χ0v) is 16.2. The summed E-state index contributed by atoms with van der Waals surface area (Å²) >= 11 is 0. The van der Waals surface area contributed by atoms with Crippen LogP contribution in [0.1, 0.15) is 41.5 Å². The summed E-state index contributed by atoms with van der Waals surface area (Å²) in [4.78, 5) is 12.6. The number of nitrogens with zero attached hydrogens (tertiary/aromatic N) is 1. The number of likely N-dealkylation sites (N-methyl/N-ethyl adjacent to an activating group) is 1. The van der Waals surface area contributed by atoms with Gasteiger partial charge in [0.05, 0.1) is 19.7 Å². The molecule has 0 aromatic heterocycles. The molecule has 1 aliphatic carbocycles. The predicted octanol–water partition coefficient (Wildman–Crippen LogP) is 4.65. The second-order valence-electron chi connectivity index (χ2n) is 8.08. The highest BCUT2D eigenvalue weighted by Gasteiger charge is 2.30. The van der Waals surface area contributed by atoms with E-state index in [0.717, 1.165) is 5.57 Å². The first-order valence-corrected chi connectivity index (χ1v) is 8.49. The number of quaternary nitrogens is 1. The van der Waals surface area contributed by atoms with Crippen LogP contribution in [0.15, 0.2) is 58.6 Å². The van der Waals surface area contributed by atoms with Crippen LogP contribution in [0.25, 0.3) is 0 Å². The Labute approximate surface area is 146 Å². The molecule has 1 aliphatic heterocycles. The highest BCUT2D eigenvalue weighted by Crippen LogP contribution is 2.34. The van der Waals surface area contributed by atoms with Gasteiger partial charge in [0.15, 0.2) is 5.76 Å². The smallest absolute Gasteiger partial charge is 0.343 e. The average Bonchev–Trinajstić information content (AvgIpc) is 2.56. The fraction of sp³-hybridized carbons (Fsp3) is 0.476. The molecule has 0 bridgehead atoms. The number of carbonyl (C=O) groups excluding carboxylic acids is 1. The first-order chi connectivity index (χ1) is 10.9. The van der Waals surface area contributed by atoms with Gasteiger partial charge >= 0.3 is 5.97 Å². The van der Waals surface area contributed by atoms with Gasteiger partial charge in [0.25, 0.3) is 0 Å². The number of hydrogen-bond donors (Lipinski definition) is 0. The number of esters is 1. The Kier molecular flexibility index (Phi) is 4.78. The maximum absolute atomic E-state index is 12.6. The quantitative estimate of drug-likeness (QED) is 0.544. The lowest BCUT2D eigenvalue weighted by Crippen LogP contribution is -2.45. The largest absolute Gasteiger partial charge is 0.417 e. The lowest BCUT2D eigenvalue weighted by Gasteiger charge is -2.35. The van der Waals surface area contributed by atoms with Gasteiger partial charge in [-0.1, -0.05) is 37.1 Å². The van der Waals surface area contributed by atoms with E-state index in [2.05, 4.69) is 54.8 Å². The van der Waals surface area contributed by atoms with Gasteiger partial charge in [-0.3, -0.25) is 4.48 Å². The SMILES string of the molecule is CC1=CC(OC(=O)C2=CC(C)=C(C)C(C)(C)C=C2)=C[N+](C)(C)C1C. The molecule has 0 fully saturated rings. The van der Waals surface area contributed by atoms with E-state index in [0.29, 0.717) is 21.9 Å². The molecule has 3 nitrogen and oxygen atoms in total. The molecule has 0 amide bonds. The number of ether oxygens (including phenoxy) is 1. The van der Waals surface area contributed by atoms with Crippen LogP contribution in [0.4, 0.5) is 0 Å². The third kappa shape index (κ3) is 3.62. The van der Waals surface area contributed by atoms with Crippen molar-refractivity contribution in [2.45, 2.75) is 47.6 Å². The van der Waals surface area contributed by atoms with E-state index < -0.39 is 0 Å². The van der Waals surface area contributed by atoms with Crippen molar-refractivity contribution in [3.05, 3.63) is 58.6 Å². The first kappa shape index (κ1) is 18.5. The van der Waals surface area contributed by atoms with Crippen LogP contribution >= 0.6 is 0 Å². The number of allylic oxidation sites excluding steroid dienone is 5. The molecule has 0 saturated carbocycles. The Balaban J connectivity index is 2.27. The number of carbonyl (C=O) groups is 1. The molecule has 1 heterocycles. The summed E-state index contributed by atoms with van der Waals surface area (Å²) in [5, 5.41) is 0. The molecule has 1 unspecified atom stereocenters. The molecule has 130 valence electrons. The standard InChI is InChI=1S/C21H30NO2/c1-14-11-18(9-10-21(5,6)16(14)3)20(23)24-19-12-15(2)17(4)22(7,8)13-19/h9-13,17H,1-8H3/q+1. The molecule has 0 N–H and O–H groups in total. The monoisotopic (exact) mass is 328 g/mol. The molecule has 0 aromatic carbocycles.